The van der Waals surface area contributed by atoms with E-state index in [4.69, 9.17) is 9.15 Å². The number of ether oxygens (including phenoxy) is 1. The van der Waals surface area contributed by atoms with Crippen LogP contribution in [0.15, 0.2) is 39.8 Å². The van der Waals surface area contributed by atoms with Crippen LogP contribution < -0.4 is 9.46 Å². The number of rotatable bonds is 6. The minimum atomic E-state index is -3.64. The summed E-state index contributed by atoms with van der Waals surface area (Å²) in [6.07, 6.45) is 1.52. The Balaban J connectivity index is 2.31. The number of hydrogen-bond donors (Lipinski definition) is 1. The van der Waals surface area contributed by atoms with E-state index in [2.05, 4.69) is 4.72 Å². The second-order valence-corrected chi connectivity index (χ2v) is 6.86. The van der Waals surface area contributed by atoms with E-state index in [9.17, 15) is 8.42 Å². The first-order chi connectivity index (χ1) is 10.3. The van der Waals surface area contributed by atoms with Crippen LogP contribution in [0.25, 0.3) is 0 Å². The summed E-state index contributed by atoms with van der Waals surface area (Å²) in [5.41, 5.74) is 1.44. The summed E-state index contributed by atoms with van der Waals surface area (Å²) >= 11 is 0. The van der Waals surface area contributed by atoms with Crippen molar-refractivity contribution in [3.05, 3.63) is 47.4 Å². The predicted octanol–water partition coefficient (Wildman–Crippen LogP) is 3.33. The molecule has 0 bridgehead atoms. The van der Waals surface area contributed by atoms with Crippen molar-refractivity contribution in [3.63, 3.8) is 0 Å². The van der Waals surface area contributed by atoms with Crippen LogP contribution in [0.4, 0.5) is 0 Å². The van der Waals surface area contributed by atoms with Gasteiger partial charge in [-0.1, -0.05) is 0 Å². The van der Waals surface area contributed by atoms with Gasteiger partial charge in [0.05, 0.1) is 23.8 Å². The number of nitrogens with one attached hydrogen (secondary N) is 1. The first-order valence-electron chi connectivity index (χ1n) is 7.15. The molecule has 6 heteroatoms. The molecular weight excluding hydrogens is 302 g/mol. The van der Waals surface area contributed by atoms with Crippen molar-refractivity contribution >= 4 is 10.0 Å². The fraction of sp³-hybridized carbons (Fsp3) is 0.375. The smallest absolute Gasteiger partial charge is 0.241 e. The van der Waals surface area contributed by atoms with Crippen LogP contribution in [-0.4, -0.2) is 15.0 Å². The van der Waals surface area contributed by atoms with Crippen molar-refractivity contribution in [1.29, 1.82) is 0 Å². The number of hydrogen-bond acceptors (Lipinski definition) is 4. The van der Waals surface area contributed by atoms with E-state index < -0.39 is 16.1 Å². The molecule has 0 aliphatic carbocycles. The summed E-state index contributed by atoms with van der Waals surface area (Å²) in [4.78, 5) is 0.256. The second-order valence-electron chi connectivity index (χ2n) is 5.17. The molecule has 1 atom stereocenters. The molecule has 1 heterocycles. The zero-order chi connectivity index (χ0) is 16.3. The van der Waals surface area contributed by atoms with Gasteiger partial charge < -0.3 is 9.15 Å². The summed E-state index contributed by atoms with van der Waals surface area (Å²) in [6.45, 7) is 7.77. The van der Waals surface area contributed by atoms with E-state index in [0.29, 0.717) is 23.7 Å². The van der Waals surface area contributed by atoms with E-state index in [0.717, 1.165) is 5.56 Å². The van der Waals surface area contributed by atoms with Crippen LogP contribution >= 0.6 is 0 Å². The second kappa shape index (κ2) is 6.54. The van der Waals surface area contributed by atoms with Gasteiger partial charge in [-0.15, -0.1) is 0 Å². The normalized spacial score (nSPS) is 13.1. The van der Waals surface area contributed by atoms with E-state index in [1.54, 1.807) is 38.1 Å². The molecule has 0 radical (unpaired) electrons. The van der Waals surface area contributed by atoms with Crippen LogP contribution in [-0.2, 0) is 10.0 Å². The molecule has 120 valence electrons. The van der Waals surface area contributed by atoms with Gasteiger partial charge in [0.2, 0.25) is 10.0 Å². The molecule has 2 rings (SSSR count). The molecule has 0 aliphatic heterocycles. The van der Waals surface area contributed by atoms with Gasteiger partial charge >= 0.3 is 0 Å². The lowest BCUT2D eigenvalue weighted by molar-refractivity contribution is 0.337. The molecule has 1 aromatic heterocycles. The molecule has 0 saturated heterocycles. The van der Waals surface area contributed by atoms with Gasteiger partial charge in [0.1, 0.15) is 11.5 Å². The van der Waals surface area contributed by atoms with Gasteiger partial charge in [-0.2, -0.15) is 0 Å². The van der Waals surface area contributed by atoms with Gasteiger partial charge in [0, 0.05) is 0 Å². The van der Waals surface area contributed by atoms with Gasteiger partial charge in [0.25, 0.3) is 0 Å². The summed E-state index contributed by atoms with van der Waals surface area (Å²) < 4.78 is 38.5. The van der Waals surface area contributed by atoms with E-state index in [1.165, 1.54) is 6.26 Å². The molecule has 0 amide bonds. The molecule has 0 aliphatic rings. The van der Waals surface area contributed by atoms with Gasteiger partial charge in [-0.3, -0.25) is 0 Å². The first-order valence-corrected chi connectivity index (χ1v) is 8.63. The topological polar surface area (TPSA) is 68.5 Å². The monoisotopic (exact) mass is 323 g/mol. The maximum absolute atomic E-state index is 12.6. The first kappa shape index (κ1) is 16.6. The van der Waals surface area contributed by atoms with Crippen LogP contribution in [0.3, 0.4) is 0 Å². The molecular formula is C16H21NO4S. The fourth-order valence-electron chi connectivity index (χ4n) is 2.26. The highest BCUT2D eigenvalue weighted by atomic mass is 32.2. The number of sulfonamides is 1. The Kier molecular flexibility index (Phi) is 4.93. The van der Waals surface area contributed by atoms with Crippen molar-refractivity contribution in [1.82, 2.24) is 4.72 Å². The van der Waals surface area contributed by atoms with Crippen LogP contribution in [0, 0.1) is 13.8 Å². The molecule has 2 aromatic rings. The molecule has 22 heavy (non-hydrogen) atoms. The SMILES string of the molecule is CCOc1cc(C)c(S(=O)(=O)NC(C)c2ccco2)cc1C. The van der Waals surface area contributed by atoms with Gasteiger partial charge in [-0.25, -0.2) is 13.1 Å². The lowest BCUT2D eigenvalue weighted by Crippen LogP contribution is -2.27. The third-order valence-corrected chi connectivity index (χ3v) is 5.05. The highest BCUT2D eigenvalue weighted by molar-refractivity contribution is 7.89. The largest absolute Gasteiger partial charge is 0.494 e. The van der Waals surface area contributed by atoms with E-state index >= 15 is 0 Å². The minimum absolute atomic E-state index is 0.256. The molecule has 5 nitrogen and oxygen atoms in total. The average Bonchev–Trinajstić information content (AvgIpc) is 2.96. The predicted molar refractivity (Wildman–Crippen MR) is 84.5 cm³/mol. The third-order valence-electron chi connectivity index (χ3n) is 3.36. The number of benzene rings is 1. The molecule has 0 spiro atoms. The van der Waals surface area contributed by atoms with Crippen molar-refractivity contribution < 1.29 is 17.6 Å². The fourth-order valence-corrected chi connectivity index (χ4v) is 3.78. The van der Waals surface area contributed by atoms with Crippen molar-refractivity contribution in [2.24, 2.45) is 0 Å². The standard InChI is InChI=1S/C16H21NO4S/c1-5-20-15-9-12(3)16(10-11(15)2)22(18,19)17-13(4)14-7-6-8-21-14/h6-10,13,17H,5H2,1-4H3. The highest BCUT2D eigenvalue weighted by Gasteiger charge is 2.22. The maximum Gasteiger partial charge on any atom is 0.241 e. The molecule has 1 N–H and O–H groups in total. The molecule has 0 fully saturated rings. The van der Waals surface area contributed by atoms with E-state index in [-0.39, 0.29) is 4.90 Å². The molecule has 0 saturated carbocycles. The Bertz CT molecular complexity index is 736. The quantitative estimate of drug-likeness (QED) is 0.885. The molecule has 1 aromatic carbocycles. The number of furan rings is 1. The number of aryl methyl sites for hydroxylation is 2. The van der Waals surface area contributed by atoms with Crippen LogP contribution in [0.2, 0.25) is 0 Å². The van der Waals surface area contributed by atoms with Crippen molar-refractivity contribution in [2.75, 3.05) is 6.61 Å². The average molecular weight is 323 g/mol. The Morgan fingerprint density at radius 2 is 2.00 bits per heavy atom. The third kappa shape index (κ3) is 3.51. The maximum atomic E-state index is 12.6. The van der Waals surface area contributed by atoms with E-state index in [1.807, 2.05) is 13.8 Å². The molecule has 1 unspecified atom stereocenters. The lowest BCUT2D eigenvalue weighted by atomic mass is 10.1. The van der Waals surface area contributed by atoms with Crippen molar-refractivity contribution in [2.45, 2.75) is 38.6 Å². The Labute approximate surface area is 131 Å². The summed E-state index contributed by atoms with van der Waals surface area (Å²) in [6, 6.07) is 6.42. The van der Waals surface area contributed by atoms with Crippen LogP contribution in [0.5, 0.6) is 5.75 Å². The minimum Gasteiger partial charge on any atom is -0.494 e. The summed E-state index contributed by atoms with van der Waals surface area (Å²) in [5, 5.41) is 0. The van der Waals surface area contributed by atoms with Crippen LogP contribution in [0.1, 0.15) is 36.8 Å². The Morgan fingerprint density at radius 3 is 2.59 bits per heavy atom. The Morgan fingerprint density at radius 1 is 1.27 bits per heavy atom. The summed E-state index contributed by atoms with van der Waals surface area (Å²) in [5.74, 6) is 1.28. The Hall–Kier alpha value is -1.79. The van der Waals surface area contributed by atoms with Gasteiger partial charge in [-0.05, 0) is 63.1 Å². The zero-order valence-electron chi connectivity index (χ0n) is 13.2. The van der Waals surface area contributed by atoms with Crippen molar-refractivity contribution in [3.8, 4) is 5.75 Å². The van der Waals surface area contributed by atoms with Gasteiger partial charge in [0.15, 0.2) is 0 Å². The lowest BCUT2D eigenvalue weighted by Gasteiger charge is -2.16. The summed E-state index contributed by atoms with van der Waals surface area (Å²) in [7, 11) is -3.64. The zero-order valence-corrected chi connectivity index (χ0v) is 14.0. The highest BCUT2D eigenvalue weighted by Crippen LogP contribution is 2.27.